The van der Waals surface area contributed by atoms with Crippen LogP contribution in [0, 0.1) is 0 Å². The molecule has 114 valence electrons. The Morgan fingerprint density at radius 2 is 2.14 bits per heavy atom. The van der Waals surface area contributed by atoms with Crippen LogP contribution in [0.25, 0.3) is 22.4 Å². The molecule has 0 spiro atoms. The average molecular weight is 299 g/mol. The van der Waals surface area contributed by atoms with Crippen molar-refractivity contribution >= 4 is 17.1 Å². The van der Waals surface area contributed by atoms with E-state index in [-0.39, 0.29) is 5.54 Å². The quantitative estimate of drug-likeness (QED) is 0.759. The van der Waals surface area contributed by atoms with Crippen molar-refractivity contribution in [3.63, 3.8) is 0 Å². The third kappa shape index (κ3) is 2.52. The van der Waals surface area contributed by atoms with Crippen LogP contribution < -0.4 is 10.5 Å². The zero-order chi connectivity index (χ0) is 15.9. The highest BCUT2D eigenvalue weighted by Crippen LogP contribution is 2.27. The fourth-order valence-corrected chi connectivity index (χ4v) is 2.15. The second-order valence-electron chi connectivity index (χ2n) is 6.00. The lowest BCUT2D eigenvalue weighted by Crippen LogP contribution is -2.21. The van der Waals surface area contributed by atoms with Gasteiger partial charge in [0.25, 0.3) is 0 Å². The molecule has 0 radical (unpaired) electrons. The number of nitrogens with one attached hydrogen (secondary N) is 1. The van der Waals surface area contributed by atoms with Gasteiger partial charge >= 0.3 is 6.09 Å². The second kappa shape index (κ2) is 4.87. The molecule has 1 amide bonds. The number of nitrogens with two attached hydrogens (primary N) is 1. The summed E-state index contributed by atoms with van der Waals surface area (Å²) in [6, 6.07) is 5.27. The first-order chi connectivity index (χ1) is 10.3. The predicted octanol–water partition coefficient (Wildman–Crippen LogP) is 2.64. The summed E-state index contributed by atoms with van der Waals surface area (Å²) in [6.07, 6.45) is 2.81. The van der Waals surface area contributed by atoms with Crippen LogP contribution in [0.1, 0.15) is 20.8 Å². The molecule has 7 nitrogen and oxygen atoms in total. The number of carbonyl (C=O) groups is 1. The van der Waals surface area contributed by atoms with Gasteiger partial charge in [-0.3, -0.25) is 4.68 Å². The number of H-pyrrole nitrogens is 1. The van der Waals surface area contributed by atoms with Crippen molar-refractivity contribution in [1.82, 2.24) is 19.7 Å². The molecule has 7 heteroatoms. The summed E-state index contributed by atoms with van der Waals surface area (Å²) in [5, 5.41) is 4.36. The summed E-state index contributed by atoms with van der Waals surface area (Å²) in [5.74, 6) is 0.988. The Morgan fingerprint density at radius 1 is 1.36 bits per heavy atom. The summed E-state index contributed by atoms with van der Waals surface area (Å²) < 4.78 is 6.84. The van der Waals surface area contributed by atoms with E-state index >= 15 is 0 Å². The van der Waals surface area contributed by atoms with Crippen LogP contribution in [-0.4, -0.2) is 25.8 Å². The van der Waals surface area contributed by atoms with Gasteiger partial charge in [0.1, 0.15) is 11.3 Å². The third-order valence-corrected chi connectivity index (χ3v) is 3.23. The minimum atomic E-state index is -0.863. The van der Waals surface area contributed by atoms with Gasteiger partial charge in [0, 0.05) is 6.20 Å². The molecule has 0 saturated heterocycles. The van der Waals surface area contributed by atoms with Gasteiger partial charge in [-0.2, -0.15) is 5.10 Å². The number of fused-ring (bicyclic) bond motifs is 1. The zero-order valence-corrected chi connectivity index (χ0v) is 12.6. The number of aromatic amines is 1. The lowest BCUT2D eigenvalue weighted by Gasteiger charge is -2.18. The number of hydrogen-bond donors (Lipinski definition) is 2. The number of imidazole rings is 1. The Labute approximate surface area is 127 Å². The van der Waals surface area contributed by atoms with Crippen molar-refractivity contribution in [2.75, 3.05) is 0 Å². The predicted molar refractivity (Wildman–Crippen MR) is 82.5 cm³/mol. The van der Waals surface area contributed by atoms with E-state index in [0.29, 0.717) is 17.1 Å². The van der Waals surface area contributed by atoms with Crippen molar-refractivity contribution in [2.45, 2.75) is 26.3 Å². The maximum absolute atomic E-state index is 11.0. The molecule has 2 heterocycles. The normalized spacial score (nSPS) is 11.8. The summed E-state index contributed by atoms with van der Waals surface area (Å²) in [7, 11) is 0. The maximum atomic E-state index is 11.0. The number of para-hydroxylation sites is 1. The first-order valence-electron chi connectivity index (χ1n) is 6.86. The molecule has 0 unspecified atom stereocenters. The molecule has 2 aromatic heterocycles. The van der Waals surface area contributed by atoms with Crippen molar-refractivity contribution in [3.8, 4) is 17.1 Å². The number of amides is 1. The third-order valence-electron chi connectivity index (χ3n) is 3.23. The summed E-state index contributed by atoms with van der Waals surface area (Å²) in [4.78, 5) is 18.6. The van der Waals surface area contributed by atoms with Crippen LogP contribution in [0.2, 0.25) is 0 Å². The van der Waals surface area contributed by atoms with Gasteiger partial charge in [0.05, 0.1) is 22.8 Å². The first-order valence-corrected chi connectivity index (χ1v) is 6.86. The van der Waals surface area contributed by atoms with E-state index in [4.69, 9.17) is 10.5 Å². The van der Waals surface area contributed by atoms with Gasteiger partial charge in [-0.15, -0.1) is 0 Å². The fraction of sp³-hybridized carbons (Fsp3) is 0.267. The number of aromatic nitrogens is 4. The number of hydrogen-bond acceptors (Lipinski definition) is 4. The molecule has 1 aromatic carbocycles. The second-order valence-corrected chi connectivity index (χ2v) is 6.00. The Kier molecular flexibility index (Phi) is 3.13. The van der Waals surface area contributed by atoms with Crippen molar-refractivity contribution in [1.29, 1.82) is 0 Å². The topological polar surface area (TPSA) is 98.8 Å². The lowest BCUT2D eigenvalue weighted by atomic mass is 10.1. The van der Waals surface area contributed by atoms with Crippen LogP contribution >= 0.6 is 0 Å². The molecule has 0 atom stereocenters. The summed E-state index contributed by atoms with van der Waals surface area (Å²) >= 11 is 0. The summed E-state index contributed by atoms with van der Waals surface area (Å²) in [5.41, 5.74) is 7.14. The Bertz CT molecular complexity index is 841. The van der Waals surface area contributed by atoms with Crippen molar-refractivity contribution in [3.05, 3.63) is 30.6 Å². The number of ether oxygens (including phenoxy) is 1. The zero-order valence-electron chi connectivity index (χ0n) is 12.6. The number of primary amides is 1. The average Bonchev–Trinajstić information content (AvgIpc) is 3.04. The standard InChI is InChI=1S/C15H17N5O2/c1-15(2,3)20-8-9(7-17-20)13-18-10-5-4-6-11(12(10)19-13)22-14(16)21/h4-8H,1-3H3,(H2,16,21)(H,18,19). The molecule has 3 N–H and O–H groups in total. The van der Waals surface area contributed by atoms with Gasteiger partial charge < -0.3 is 15.5 Å². The minimum absolute atomic E-state index is 0.107. The largest absolute Gasteiger partial charge is 0.410 e. The summed E-state index contributed by atoms with van der Waals surface area (Å²) in [6.45, 7) is 6.21. The van der Waals surface area contributed by atoms with E-state index in [0.717, 1.165) is 11.1 Å². The van der Waals surface area contributed by atoms with Gasteiger partial charge in [0.2, 0.25) is 0 Å². The molecule has 22 heavy (non-hydrogen) atoms. The fourth-order valence-electron chi connectivity index (χ4n) is 2.15. The molecule has 0 aliphatic carbocycles. The van der Waals surface area contributed by atoms with Crippen LogP contribution in [0.5, 0.6) is 5.75 Å². The van der Waals surface area contributed by atoms with Crippen molar-refractivity contribution < 1.29 is 9.53 Å². The maximum Gasteiger partial charge on any atom is 0.410 e. The number of benzene rings is 1. The molecular formula is C15H17N5O2. The minimum Gasteiger partial charge on any atom is -0.408 e. The molecule has 3 aromatic rings. The van der Waals surface area contributed by atoms with E-state index in [1.165, 1.54) is 0 Å². The highest BCUT2D eigenvalue weighted by Gasteiger charge is 2.17. The van der Waals surface area contributed by atoms with E-state index in [1.54, 1.807) is 18.3 Å². The van der Waals surface area contributed by atoms with Crippen LogP contribution in [0.3, 0.4) is 0 Å². The smallest absolute Gasteiger partial charge is 0.408 e. The molecule has 0 saturated carbocycles. The highest BCUT2D eigenvalue weighted by molar-refractivity contribution is 5.86. The first kappa shape index (κ1) is 14.1. The number of carbonyl (C=O) groups excluding carboxylic acids is 1. The molecule has 0 fully saturated rings. The van der Waals surface area contributed by atoms with Gasteiger partial charge in [0.15, 0.2) is 5.75 Å². The van der Waals surface area contributed by atoms with Gasteiger partial charge in [-0.25, -0.2) is 9.78 Å². The van der Waals surface area contributed by atoms with E-state index < -0.39 is 6.09 Å². The van der Waals surface area contributed by atoms with Crippen LogP contribution in [0.4, 0.5) is 4.79 Å². The monoisotopic (exact) mass is 299 g/mol. The number of nitrogens with zero attached hydrogens (tertiary/aromatic N) is 3. The van der Waals surface area contributed by atoms with E-state index in [1.807, 2.05) is 16.9 Å². The molecular weight excluding hydrogens is 282 g/mol. The van der Waals surface area contributed by atoms with Crippen LogP contribution in [-0.2, 0) is 5.54 Å². The number of rotatable bonds is 2. The molecule has 0 aliphatic rings. The van der Waals surface area contributed by atoms with E-state index in [9.17, 15) is 4.79 Å². The lowest BCUT2D eigenvalue weighted by molar-refractivity contribution is 0.211. The van der Waals surface area contributed by atoms with Gasteiger partial charge in [-0.05, 0) is 32.9 Å². The molecule has 0 aliphatic heterocycles. The Balaban J connectivity index is 2.05. The Hall–Kier alpha value is -2.83. The van der Waals surface area contributed by atoms with Gasteiger partial charge in [-0.1, -0.05) is 6.07 Å². The Morgan fingerprint density at radius 3 is 2.77 bits per heavy atom. The molecule has 0 bridgehead atoms. The van der Waals surface area contributed by atoms with Crippen molar-refractivity contribution in [2.24, 2.45) is 5.73 Å². The van der Waals surface area contributed by atoms with E-state index in [2.05, 4.69) is 35.8 Å². The molecule has 3 rings (SSSR count). The van der Waals surface area contributed by atoms with Crippen LogP contribution in [0.15, 0.2) is 30.6 Å². The highest BCUT2D eigenvalue weighted by atomic mass is 16.5. The SMILES string of the molecule is CC(C)(C)n1cc(-c2nc3c(OC(N)=O)cccc3[nH]2)cn1.